The molecular formula is C13H20N4. The quantitative estimate of drug-likeness (QED) is 0.605. The zero-order valence-electron chi connectivity index (χ0n) is 10.5. The fraction of sp³-hybridized carbons (Fsp3) is 0.538. The molecule has 0 spiro atoms. The van der Waals surface area contributed by atoms with Crippen LogP contribution in [0.5, 0.6) is 0 Å². The fourth-order valence-electron chi connectivity index (χ4n) is 2.20. The van der Waals surface area contributed by atoms with E-state index in [-0.39, 0.29) is 5.41 Å². The van der Waals surface area contributed by atoms with Gasteiger partial charge in [-0.3, -0.25) is 5.41 Å². The second-order valence-electron chi connectivity index (χ2n) is 5.10. The van der Waals surface area contributed by atoms with Gasteiger partial charge in [0.15, 0.2) is 0 Å². The molecule has 2 rings (SSSR count). The van der Waals surface area contributed by atoms with Crippen molar-refractivity contribution in [3.8, 4) is 0 Å². The summed E-state index contributed by atoms with van der Waals surface area (Å²) in [4.78, 5) is 6.81. The van der Waals surface area contributed by atoms with Crippen LogP contribution in [0.25, 0.3) is 0 Å². The van der Waals surface area contributed by atoms with E-state index in [0.29, 0.717) is 5.84 Å². The van der Waals surface area contributed by atoms with Crippen LogP contribution in [0.4, 0.5) is 5.82 Å². The van der Waals surface area contributed by atoms with Crippen molar-refractivity contribution in [2.24, 2.45) is 11.1 Å². The predicted molar refractivity (Wildman–Crippen MR) is 70.4 cm³/mol. The Morgan fingerprint density at radius 1 is 1.41 bits per heavy atom. The Morgan fingerprint density at radius 2 is 2.06 bits per heavy atom. The number of nitrogens with two attached hydrogens (primary N) is 1. The topological polar surface area (TPSA) is 66.0 Å². The minimum atomic E-state index is -0.125. The first-order valence-electron chi connectivity index (χ1n) is 6.04. The standard InChI is InChI=1S/C13H20N4/c1-10-4-3-5-11(16-10)17-8-6-13(2,7-9-17)12(14)15/h3-5H,6-9H2,1-2H3,(H3,14,15). The highest BCUT2D eigenvalue weighted by Crippen LogP contribution is 2.32. The number of rotatable bonds is 2. The lowest BCUT2D eigenvalue weighted by Gasteiger charge is -2.39. The molecular weight excluding hydrogens is 212 g/mol. The van der Waals surface area contributed by atoms with Crippen molar-refractivity contribution in [1.82, 2.24) is 4.98 Å². The lowest BCUT2D eigenvalue weighted by molar-refractivity contribution is 0.350. The molecule has 92 valence electrons. The zero-order chi connectivity index (χ0) is 12.5. The Bertz CT molecular complexity index is 419. The fourth-order valence-corrected chi connectivity index (χ4v) is 2.20. The van der Waals surface area contributed by atoms with Gasteiger partial charge in [0.05, 0.1) is 5.84 Å². The summed E-state index contributed by atoms with van der Waals surface area (Å²) in [5, 5.41) is 7.63. The van der Waals surface area contributed by atoms with E-state index in [1.807, 2.05) is 25.1 Å². The second-order valence-corrected chi connectivity index (χ2v) is 5.10. The van der Waals surface area contributed by atoms with Gasteiger partial charge in [-0.15, -0.1) is 0 Å². The molecule has 4 nitrogen and oxygen atoms in total. The van der Waals surface area contributed by atoms with Crippen molar-refractivity contribution >= 4 is 11.7 Å². The van der Waals surface area contributed by atoms with E-state index < -0.39 is 0 Å². The number of aromatic nitrogens is 1. The van der Waals surface area contributed by atoms with Gasteiger partial charge in [-0.1, -0.05) is 13.0 Å². The molecule has 1 saturated heterocycles. The van der Waals surface area contributed by atoms with Crippen LogP contribution < -0.4 is 10.6 Å². The Balaban J connectivity index is 2.07. The van der Waals surface area contributed by atoms with Gasteiger partial charge >= 0.3 is 0 Å². The average Bonchev–Trinajstić information content (AvgIpc) is 2.30. The summed E-state index contributed by atoms with van der Waals surface area (Å²) in [6, 6.07) is 6.09. The Hall–Kier alpha value is -1.58. The third-order valence-electron chi connectivity index (χ3n) is 3.71. The van der Waals surface area contributed by atoms with Gasteiger partial charge in [0.25, 0.3) is 0 Å². The number of pyridine rings is 1. The van der Waals surface area contributed by atoms with Gasteiger partial charge < -0.3 is 10.6 Å². The van der Waals surface area contributed by atoms with Crippen molar-refractivity contribution < 1.29 is 0 Å². The monoisotopic (exact) mass is 232 g/mol. The molecule has 1 aliphatic heterocycles. The Kier molecular flexibility index (Phi) is 3.05. The third-order valence-corrected chi connectivity index (χ3v) is 3.71. The summed E-state index contributed by atoms with van der Waals surface area (Å²) < 4.78 is 0. The SMILES string of the molecule is Cc1cccc(N2CCC(C)(C(=N)N)CC2)n1. The first kappa shape index (κ1) is 11.9. The highest BCUT2D eigenvalue weighted by atomic mass is 15.2. The number of aryl methyl sites for hydroxylation is 1. The van der Waals surface area contributed by atoms with E-state index in [4.69, 9.17) is 11.1 Å². The molecule has 4 heteroatoms. The van der Waals surface area contributed by atoms with E-state index in [1.54, 1.807) is 0 Å². The summed E-state index contributed by atoms with van der Waals surface area (Å²) in [6.07, 6.45) is 1.86. The summed E-state index contributed by atoms with van der Waals surface area (Å²) in [7, 11) is 0. The van der Waals surface area contributed by atoms with E-state index in [1.165, 1.54) is 0 Å². The highest BCUT2D eigenvalue weighted by molar-refractivity contribution is 5.83. The molecule has 17 heavy (non-hydrogen) atoms. The zero-order valence-corrected chi connectivity index (χ0v) is 10.5. The smallest absolute Gasteiger partial charge is 0.128 e. The molecule has 1 aliphatic rings. The van der Waals surface area contributed by atoms with E-state index in [2.05, 4.69) is 16.8 Å². The Morgan fingerprint density at radius 3 is 2.59 bits per heavy atom. The number of hydrogen-bond donors (Lipinski definition) is 2. The summed E-state index contributed by atoms with van der Waals surface area (Å²) in [5.74, 6) is 1.35. The molecule has 1 aromatic rings. The van der Waals surface area contributed by atoms with Crippen LogP contribution >= 0.6 is 0 Å². The van der Waals surface area contributed by atoms with Gasteiger partial charge in [0.2, 0.25) is 0 Å². The van der Waals surface area contributed by atoms with Crippen molar-refractivity contribution in [1.29, 1.82) is 5.41 Å². The normalized spacial score (nSPS) is 19.1. The first-order chi connectivity index (χ1) is 8.01. The number of amidine groups is 1. The van der Waals surface area contributed by atoms with Crippen LogP contribution in [0.15, 0.2) is 18.2 Å². The van der Waals surface area contributed by atoms with Gasteiger partial charge in [-0.05, 0) is 31.9 Å². The number of nitrogens with zero attached hydrogens (tertiary/aromatic N) is 2. The molecule has 3 N–H and O–H groups in total. The van der Waals surface area contributed by atoms with Crippen LogP contribution in [-0.2, 0) is 0 Å². The van der Waals surface area contributed by atoms with Gasteiger partial charge in [0.1, 0.15) is 5.82 Å². The summed E-state index contributed by atoms with van der Waals surface area (Å²) in [5.41, 5.74) is 6.58. The average molecular weight is 232 g/mol. The summed E-state index contributed by atoms with van der Waals surface area (Å²) >= 11 is 0. The van der Waals surface area contributed by atoms with Crippen LogP contribution in [-0.4, -0.2) is 23.9 Å². The summed E-state index contributed by atoms with van der Waals surface area (Å²) in [6.45, 7) is 5.93. The number of hydrogen-bond acceptors (Lipinski definition) is 3. The molecule has 1 fully saturated rings. The van der Waals surface area contributed by atoms with E-state index >= 15 is 0 Å². The maximum absolute atomic E-state index is 7.63. The lowest BCUT2D eigenvalue weighted by atomic mass is 9.79. The third kappa shape index (κ3) is 2.40. The van der Waals surface area contributed by atoms with Crippen molar-refractivity contribution in [3.05, 3.63) is 23.9 Å². The van der Waals surface area contributed by atoms with Crippen molar-refractivity contribution in [2.75, 3.05) is 18.0 Å². The molecule has 0 atom stereocenters. The molecule has 2 heterocycles. The molecule has 0 amide bonds. The Labute approximate surface area is 102 Å². The molecule has 0 saturated carbocycles. The maximum Gasteiger partial charge on any atom is 0.128 e. The molecule has 0 unspecified atom stereocenters. The number of piperidine rings is 1. The molecule has 0 aromatic carbocycles. The second kappa shape index (κ2) is 4.35. The lowest BCUT2D eigenvalue weighted by Crippen LogP contribution is -2.45. The van der Waals surface area contributed by atoms with Crippen LogP contribution in [0.2, 0.25) is 0 Å². The van der Waals surface area contributed by atoms with Gasteiger partial charge in [-0.25, -0.2) is 4.98 Å². The molecule has 1 aromatic heterocycles. The number of anilines is 1. The maximum atomic E-state index is 7.63. The van der Waals surface area contributed by atoms with Gasteiger partial charge in [0, 0.05) is 24.2 Å². The van der Waals surface area contributed by atoms with Crippen LogP contribution in [0.3, 0.4) is 0 Å². The molecule has 0 radical (unpaired) electrons. The molecule has 0 bridgehead atoms. The van der Waals surface area contributed by atoms with Gasteiger partial charge in [-0.2, -0.15) is 0 Å². The minimum Gasteiger partial charge on any atom is -0.387 e. The van der Waals surface area contributed by atoms with Crippen molar-refractivity contribution in [2.45, 2.75) is 26.7 Å². The van der Waals surface area contributed by atoms with E-state index in [9.17, 15) is 0 Å². The molecule has 0 aliphatic carbocycles. The minimum absolute atomic E-state index is 0.125. The largest absolute Gasteiger partial charge is 0.387 e. The van der Waals surface area contributed by atoms with E-state index in [0.717, 1.165) is 37.4 Å². The first-order valence-corrected chi connectivity index (χ1v) is 6.04. The van der Waals surface area contributed by atoms with Crippen LogP contribution in [0, 0.1) is 17.7 Å². The van der Waals surface area contributed by atoms with Crippen LogP contribution in [0.1, 0.15) is 25.5 Å². The van der Waals surface area contributed by atoms with Crippen molar-refractivity contribution in [3.63, 3.8) is 0 Å². The highest BCUT2D eigenvalue weighted by Gasteiger charge is 2.33. The predicted octanol–water partition coefficient (Wildman–Crippen LogP) is 1.93. The number of nitrogens with one attached hydrogen (secondary N) is 1.